The zero-order valence-corrected chi connectivity index (χ0v) is 17.6. The van der Waals surface area contributed by atoms with Crippen LogP contribution in [0.1, 0.15) is 24.5 Å². The minimum Gasteiger partial charge on any atom is -0.493 e. The molecule has 0 aliphatic carbocycles. The first-order valence-corrected chi connectivity index (χ1v) is 9.97. The van der Waals surface area contributed by atoms with Crippen LogP contribution in [0.4, 0.5) is 0 Å². The number of hydrogen-bond donors (Lipinski definition) is 0. The van der Waals surface area contributed by atoms with Crippen LogP contribution in [0.3, 0.4) is 0 Å². The summed E-state index contributed by atoms with van der Waals surface area (Å²) >= 11 is 0. The first-order valence-electron chi connectivity index (χ1n) is 9.97. The Hall–Kier alpha value is -3.53. The summed E-state index contributed by atoms with van der Waals surface area (Å²) in [5.74, 6) is 1.38. The van der Waals surface area contributed by atoms with Crippen molar-refractivity contribution in [2.24, 2.45) is 0 Å². The Bertz CT molecular complexity index is 1000. The molecule has 30 heavy (non-hydrogen) atoms. The first kappa shape index (κ1) is 21.2. The lowest BCUT2D eigenvalue weighted by molar-refractivity contribution is -0.128. The van der Waals surface area contributed by atoms with Crippen molar-refractivity contribution in [3.8, 4) is 28.4 Å². The molecule has 3 aromatic rings. The Morgan fingerprint density at radius 1 is 0.900 bits per heavy atom. The minimum absolute atomic E-state index is 0.441. The van der Waals surface area contributed by atoms with Crippen LogP contribution in [0, 0.1) is 6.92 Å². The van der Waals surface area contributed by atoms with Crippen LogP contribution in [0.25, 0.3) is 17.2 Å². The molecule has 0 heterocycles. The highest BCUT2D eigenvalue weighted by molar-refractivity contribution is 5.89. The van der Waals surface area contributed by atoms with Crippen LogP contribution >= 0.6 is 0 Å². The molecule has 4 nitrogen and oxygen atoms in total. The predicted octanol–water partition coefficient (Wildman–Crippen LogP) is 6.08. The number of benzene rings is 3. The number of carbonyl (C=O) groups is 1. The van der Waals surface area contributed by atoms with E-state index in [1.807, 2.05) is 37.3 Å². The molecule has 0 aromatic heterocycles. The molecule has 0 aliphatic rings. The number of esters is 1. The average molecular weight is 402 g/mol. The molecular formula is C26H26O4. The molecule has 0 unspecified atom stereocenters. The zero-order valence-electron chi connectivity index (χ0n) is 17.6. The van der Waals surface area contributed by atoms with Gasteiger partial charge in [-0.2, -0.15) is 0 Å². The fourth-order valence-electron chi connectivity index (χ4n) is 2.89. The number of ether oxygens (including phenoxy) is 3. The lowest BCUT2D eigenvalue weighted by atomic mass is 10.0. The van der Waals surface area contributed by atoms with Crippen LogP contribution < -0.4 is 14.2 Å². The second-order valence-corrected chi connectivity index (χ2v) is 6.90. The summed E-state index contributed by atoms with van der Waals surface area (Å²) in [6.45, 7) is 4.73. The average Bonchev–Trinajstić information content (AvgIpc) is 2.77. The molecule has 0 N–H and O–H groups in total. The number of hydrogen-bond acceptors (Lipinski definition) is 4. The number of methoxy groups -OCH3 is 1. The van der Waals surface area contributed by atoms with E-state index >= 15 is 0 Å². The standard InChI is InChI=1S/C26H26O4/c1-4-17-29-24-15-7-20(18-25(24)28-3)8-16-26(27)30-23-13-11-22(12-14-23)21-9-5-19(2)6-10-21/h5-16,18H,4,17H2,1-3H3/b16-8+. The van der Waals surface area contributed by atoms with Gasteiger partial charge >= 0.3 is 5.97 Å². The van der Waals surface area contributed by atoms with Crippen molar-refractivity contribution in [1.29, 1.82) is 0 Å². The predicted molar refractivity (Wildman–Crippen MR) is 120 cm³/mol. The van der Waals surface area contributed by atoms with Gasteiger partial charge in [0.2, 0.25) is 0 Å². The van der Waals surface area contributed by atoms with Gasteiger partial charge in [0.15, 0.2) is 11.5 Å². The first-order chi connectivity index (χ1) is 14.6. The van der Waals surface area contributed by atoms with Crippen molar-refractivity contribution in [3.05, 3.63) is 83.9 Å². The monoisotopic (exact) mass is 402 g/mol. The van der Waals surface area contributed by atoms with Gasteiger partial charge in [-0.25, -0.2) is 4.79 Å². The van der Waals surface area contributed by atoms with Gasteiger partial charge in [-0.1, -0.05) is 55.0 Å². The Morgan fingerprint density at radius 2 is 1.57 bits per heavy atom. The van der Waals surface area contributed by atoms with Gasteiger partial charge in [-0.3, -0.25) is 0 Å². The Balaban J connectivity index is 1.62. The summed E-state index contributed by atoms with van der Waals surface area (Å²) in [5.41, 5.74) is 4.24. The molecule has 154 valence electrons. The molecular weight excluding hydrogens is 376 g/mol. The van der Waals surface area contributed by atoms with E-state index in [0.717, 1.165) is 23.1 Å². The van der Waals surface area contributed by atoms with E-state index in [0.29, 0.717) is 23.9 Å². The van der Waals surface area contributed by atoms with Gasteiger partial charge in [0.1, 0.15) is 5.75 Å². The Labute approximate surface area is 177 Å². The topological polar surface area (TPSA) is 44.8 Å². The van der Waals surface area contributed by atoms with Gasteiger partial charge < -0.3 is 14.2 Å². The van der Waals surface area contributed by atoms with Crippen LogP contribution in [0.2, 0.25) is 0 Å². The lowest BCUT2D eigenvalue weighted by Crippen LogP contribution is -2.03. The van der Waals surface area contributed by atoms with Crippen molar-refractivity contribution in [3.63, 3.8) is 0 Å². The van der Waals surface area contributed by atoms with Crippen LogP contribution in [0.15, 0.2) is 72.8 Å². The van der Waals surface area contributed by atoms with E-state index in [-0.39, 0.29) is 0 Å². The Morgan fingerprint density at radius 3 is 2.20 bits per heavy atom. The minimum atomic E-state index is -0.441. The fraction of sp³-hybridized carbons (Fsp3) is 0.192. The van der Waals surface area contributed by atoms with Gasteiger partial charge in [-0.15, -0.1) is 0 Å². The van der Waals surface area contributed by atoms with Gasteiger partial charge in [-0.05, 0) is 60.4 Å². The van der Waals surface area contributed by atoms with E-state index < -0.39 is 5.97 Å². The van der Waals surface area contributed by atoms with E-state index in [9.17, 15) is 4.79 Å². The normalized spacial score (nSPS) is 10.8. The van der Waals surface area contributed by atoms with Gasteiger partial charge in [0.25, 0.3) is 0 Å². The molecule has 3 rings (SSSR count). The largest absolute Gasteiger partial charge is 0.493 e. The highest BCUT2D eigenvalue weighted by atomic mass is 16.5. The fourth-order valence-corrected chi connectivity index (χ4v) is 2.89. The molecule has 0 saturated heterocycles. The molecule has 0 atom stereocenters. The van der Waals surface area contributed by atoms with E-state index in [1.165, 1.54) is 11.6 Å². The van der Waals surface area contributed by atoms with Crippen LogP contribution in [-0.4, -0.2) is 19.7 Å². The van der Waals surface area contributed by atoms with E-state index in [1.54, 1.807) is 25.3 Å². The zero-order chi connectivity index (χ0) is 21.3. The third kappa shape index (κ3) is 5.74. The molecule has 0 fully saturated rings. The summed E-state index contributed by atoms with van der Waals surface area (Å²) in [7, 11) is 1.59. The van der Waals surface area contributed by atoms with Gasteiger partial charge in [0.05, 0.1) is 13.7 Å². The summed E-state index contributed by atoms with van der Waals surface area (Å²) in [5, 5.41) is 0. The third-order valence-corrected chi connectivity index (χ3v) is 4.52. The quantitative estimate of drug-likeness (QED) is 0.260. The summed E-state index contributed by atoms with van der Waals surface area (Å²) in [6.07, 6.45) is 4.01. The van der Waals surface area contributed by atoms with Crippen molar-refractivity contribution in [1.82, 2.24) is 0 Å². The van der Waals surface area contributed by atoms with Crippen molar-refractivity contribution < 1.29 is 19.0 Å². The maximum Gasteiger partial charge on any atom is 0.336 e. The summed E-state index contributed by atoms with van der Waals surface area (Å²) in [6, 6.07) is 21.3. The molecule has 0 aliphatic heterocycles. The highest BCUT2D eigenvalue weighted by Crippen LogP contribution is 2.29. The SMILES string of the molecule is CCCOc1ccc(/C=C/C(=O)Oc2ccc(-c3ccc(C)cc3)cc2)cc1OC. The molecule has 0 radical (unpaired) electrons. The number of aryl methyl sites for hydroxylation is 1. The van der Waals surface area contributed by atoms with Crippen LogP contribution in [-0.2, 0) is 4.79 Å². The van der Waals surface area contributed by atoms with E-state index in [2.05, 4.69) is 31.2 Å². The van der Waals surface area contributed by atoms with Gasteiger partial charge in [0, 0.05) is 6.08 Å². The molecule has 0 amide bonds. The molecule has 0 spiro atoms. The van der Waals surface area contributed by atoms with E-state index in [4.69, 9.17) is 14.2 Å². The maximum absolute atomic E-state index is 12.2. The smallest absolute Gasteiger partial charge is 0.336 e. The number of rotatable bonds is 8. The summed E-state index contributed by atoms with van der Waals surface area (Å²) in [4.78, 5) is 12.2. The molecule has 0 bridgehead atoms. The second-order valence-electron chi connectivity index (χ2n) is 6.90. The molecule has 3 aromatic carbocycles. The number of carbonyl (C=O) groups excluding carboxylic acids is 1. The van der Waals surface area contributed by atoms with Crippen LogP contribution in [0.5, 0.6) is 17.2 Å². The second kappa shape index (κ2) is 10.3. The summed E-state index contributed by atoms with van der Waals surface area (Å²) < 4.78 is 16.4. The molecule has 0 saturated carbocycles. The van der Waals surface area contributed by atoms with Crippen molar-refractivity contribution >= 4 is 12.0 Å². The van der Waals surface area contributed by atoms with Crippen molar-refractivity contribution in [2.75, 3.05) is 13.7 Å². The molecule has 4 heteroatoms. The lowest BCUT2D eigenvalue weighted by Gasteiger charge is -2.10. The maximum atomic E-state index is 12.2. The Kier molecular flexibility index (Phi) is 7.28. The van der Waals surface area contributed by atoms with Crippen molar-refractivity contribution in [2.45, 2.75) is 20.3 Å². The highest BCUT2D eigenvalue weighted by Gasteiger charge is 2.06. The third-order valence-electron chi connectivity index (χ3n) is 4.52.